The maximum atomic E-state index is 3.85. The van der Waals surface area contributed by atoms with Gasteiger partial charge in [0.05, 0.1) is 0 Å². The van der Waals surface area contributed by atoms with E-state index in [0.29, 0.717) is 11.8 Å². The summed E-state index contributed by atoms with van der Waals surface area (Å²) < 4.78 is 0. The van der Waals surface area contributed by atoms with Gasteiger partial charge in [-0.05, 0) is 87.9 Å². The van der Waals surface area contributed by atoms with Gasteiger partial charge in [0.1, 0.15) is 0 Å². The fraction of sp³-hybridized carbons (Fsp3) is 0.875. The van der Waals surface area contributed by atoms with Crippen LogP contribution in [0.4, 0.5) is 0 Å². The van der Waals surface area contributed by atoms with Gasteiger partial charge in [0.2, 0.25) is 0 Å². The average Bonchev–Trinajstić information content (AvgIpc) is 2.81. The molecule has 0 heteroatoms. The molecule has 0 aliphatic heterocycles. The van der Waals surface area contributed by atoms with Gasteiger partial charge in [-0.25, -0.2) is 0 Å². The predicted molar refractivity (Wildman–Crippen MR) is 142 cm³/mol. The minimum absolute atomic E-state index is 0.655. The molecule has 6 unspecified atom stereocenters. The summed E-state index contributed by atoms with van der Waals surface area (Å²) in [5, 5.41) is 0. The molecule has 0 radical (unpaired) electrons. The van der Waals surface area contributed by atoms with E-state index in [9.17, 15) is 0 Å². The Morgan fingerprint density at radius 1 is 0.562 bits per heavy atom. The lowest BCUT2D eigenvalue weighted by Crippen LogP contribution is -2.24. The summed E-state index contributed by atoms with van der Waals surface area (Å²) in [6.45, 7) is 9.50. The van der Waals surface area contributed by atoms with E-state index in [-0.39, 0.29) is 0 Å². The van der Waals surface area contributed by atoms with E-state index < -0.39 is 0 Å². The van der Waals surface area contributed by atoms with Crippen molar-refractivity contribution in [2.45, 2.75) is 143 Å². The third-order valence-corrected chi connectivity index (χ3v) is 9.29. The van der Waals surface area contributed by atoms with Crippen LogP contribution in [0.3, 0.4) is 0 Å². The summed E-state index contributed by atoms with van der Waals surface area (Å²) in [6, 6.07) is 0. The van der Waals surface area contributed by atoms with Crippen LogP contribution in [-0.2, 0) is 0 Å². The van der Waals surface area contributed by atoms with Crippen molar-refractivity contribution in [1.29, 1.82) is 0 Å². The molecular weight excluding hydrogens is 384 g/mol. The molecule has 0 amide bonds. The molecule has 0 saturated heterocycles. The van der Waals surface area contributed by atoms with Crippen LogP contribution in [0.1, 0.15) is 143 Å². The van der Waals surface area contributed by atoms with Gasteiger partial charge in [0.25, 0.3) is 0 Å². The first-order chi connectivity index (χ1) is 15.7. The van der Waals surface area contributed by atoms with Crippen molar-refractivity contribution in [2.24, 2.45) is 35.5 Å². The van der Waals surface area contributed by atoms with Gasteiger partial charge >= 0.3 is 0 Å². The van der Waals surface area contributed by atoms with Crippen LogP contribution in [0, 0.1) is 47.3 Å². The summed E-state index contributed by atoms with van der Waals surface area (Å²) in [5.74, 6) is 13.0. The van der Waals surface area contributed by atoms with Gasteiger partial charge in [-0.2, -0.15) is 0 Å². The highest BCUT2D eigenvalue weighted by Crippen LogP contribution is 2.43. The maximum Gasteiger partial charge on any atom is 0.0240 e. The Morgan fingerprint density at radius 2 is 1.16 bits per heavy atom. The van der Waals surface area contributed by atoms with Crippen LogP contribution in [-0.4, -0.2) is 0 Å². The highest BCUT2D eigenvalue weighted by molar-refractivity contribution is 5.22. The van der Waals surface area contributed by atoms with E-state index >= 15 is 0 Å². The third kappa shape index (κ3) is 7.40. The Balaban J connectivity index is 1.59. The van der Waals surface area contributed by atoms with E-state index in [1.54, 1.807) is 0 Å². The second kappa shape index (κ2) is 13.9. The molecule has 0 aromatic heterocycles. The first-order valence-electron chi connectivity index (χ1n) is 14.9. The van der Waals surface area contributed by atoms with Crippen molar-refractivity contribution >= 4 is 0 Å². The Kier molecular flexibility index (Phi) is 11.2. The molecular formula is C32H54. The molecule has 6 atom stereocenters. The van der Waals surface area contributed by atoms with Gasteiger partial charge in [-0.1, -0.05) is 102 Å². The molecule has 0 N–H and O–H groups in total. The van der Waals surface area contributed by atoms with Crippen molar-refractivity contribution < 1.29 is 0 Å². The first-order valence-corrected chi connectivity index (χ1v) is 14.9. The number of hydrogen-bond acceptors (Lipinski definition) is 0. The summed E-state index contributed by atoms with van der Waals surface area (Å²) in [5.41, 5.74) is 3.73. The largest absolute Gasteiger partial charge is 0.0996 e. The van der Waals surface area contributed by atoms with Crippen LogP contribution in [0.15, 0.2) is 11.1 Å². The Labute approximate surface area is 201 Å². The molecule has 3 aliphatic rings. The molecule has 0 aromatic rings. The maximum absolute atomic E-state index is 3.85. The van der Waals surface area contributed by atoms with Crippen LogP contribution in [0.25, 0.3) is 0 Å². The van der Waals surface area contributed by atoms with Gasteiger partial charge in [0.15, 0.2) is 0 Å². The number of hydrogen-bond donors (Lipinski definition) is 0. The fourth-order valence-electron chi connectivity index (χ4n) is 7.64. The standard InChI is InChI=1S/C32H54/c1-5-10-27-19-18-26(23-29(27)12-7-3)17-16-25-14-9-15-31(22-25)32-21-20-28(11-6-2)30(24-32)13-8-4/h25-30H,5-15,18-24H2,1-4H3. The minimum atomic E-state index is 0.655. The van der Waals surface area contributed by atoms with E-state index in [1.807, 2.05) is 11.1 Å². The van der Waals surface area contributed by atoms with Crippen LogP contribution >= 0.6 is 0 Å². The molecule has 3 rings (SSSR count). The van der Waals surface area contributed by atoms with Crippen molar-refractivity contribution in [1.82, 2.24) is 0 Å². The molecule has 3 fully saturated rings. The van der Waals surface area contributed by atoms with E-state index in [2.05, 4.69) is 39.5 Å². The summed E-state index contributed by atoms with van der Waals surface area (Å²) in [7, 11) is 0. The van der Waals surface area contributed by atoms with E-state index in [4.69, 9.17) is 0 Å². The summed E-state index contributed by atoms with van der Waals surface area (Å²) in [6.07, 6.45) is 25.2. The molecule has 3 aliphatic carbocycles. The molecule has 0 bridgehead atoms. The van der Waals surface area contributed by atoms with Crippen molar-refractivity contribution in [2.75, 3.05) is 0 Å². The van der Waals surface area contributed by atoms with E-state index in [1.165, 1.54) is 116 Å². The SMILES string of the molecule is CCCC1CCC(=C2CCCC(C#CC3CCC(CCC)C(CCC)C3)C2)CC1CCC. The molecule has 0 aromatic carbocycles. The first kappa shape index (κ1) is 25.9. The van der Waals surface area contributed by atoms with E-state index in [0.717, 1.165) is 23.7 Å². The summed E-state index contributed by atoms with van der Waals surface area (Å²) >= 11 is 0. The van der Waals surface area contributed by atoms with Crippen molar-refractivity contribution in [3.8, 4) is 11.8 Å². The lowest BCUT2D eigenvalue weighted by Gasteiger charge is -2.36. The minimum Gasteiger partial charge on any atom is -0.0996 e. The highest BCUT2D eigenvalue weighted by atomic mass is 14.3. The molecule has 3 saturated carbocycles. The zero-order valence-corrected chi connectivity index (χ0v) is 22.2. The monoisotopic (exact) mass is 438 g/mol. The zero-order valence-electron chi connectivity index (χ0n) is 22.2. The van der Waals surface area contributed by atoms with Crippen LogP contribution < -0.4 is 0 Å². The average molecular weight is 439 g/mol. The smallest absolute Gasteiger partial charge is 0.0240 e. The second-order valence-corrected chi connectivity index (χ2v) is 11.7. The lowest BCUT2D eigenvalue weighted by molar-refractivity contribution is 0.183. The lowest BCUT2D eigenvalue weighted by atomic mass is 9.70. The van der Waals surface area contributed by atoms with Gasteiger partial charge in [0, 0.05) is 11.8 Å². The van der Waals surface area contributed by atoms with Crippen LogP contribution in [0.5, 0.6) is 0 Å². The number of allylic oxidation sites excluding steroid dienone is 2. The topological polar surface area (TPSA) is 0 Å². The normalized spacial score (nSPS) is 35.9. The van der Waals surface area contributed by atoms with Gasteiger partial charge in [-0.3, -0.25) is 0 Å². The Bertz CT molecular complexity index is 628. The number of rotatable bonds is 8. The van der Waals surface area contributed by atoms with Crippen molar-refractivity contribution in [3.63, 3.8) is 0 Å². The molecule has 182 valence electrons. The summed E-state index contributed by atoms with van der Waals surface area (Å²) in [4.78, 5) is 0. The predicted octanol–water partition coefficient (Wildman–Crippen LogP) is 10.1. The molecule has 32 heavy (non-hydrogen) atoms. The third-order valence-electron chi connectivity index (χ3n) is 9.29. The van der Waals surface area contributed by atoms with Crippen LogP contribution in [0.2, 0.25) is 0 Å². The molecule has 0 heterocycles. The Hall–Kier alpha value is -0.700. The fourth-order valence-corrected chi connectivity index (χ4v) is 7.64. The quantitative estimate of drug-likeness (QED) is 0.261. The zero-order chi connectivity index (χ0) is 22.8. The van der Waals surface area contributed by atoms with Crippen molar-refractivity contribution in [3.05, 3.63) is 11.1 Å². The second-order valence-electron chi connectivity index (χ2n) is 11.7. The molecule has 0 spiro atoms. The highest BCUT2D eigenvalue weighted by Gasteiger charge is 2.30. The van der Waals surface area contributed by atoms with Gasteiger partial charge < -0.3 is 0 Å². The Morgan fingerprint density at radius 3 is 1.88 bits per heavy atom. The van der Waals surface area contributed by atoms with Gasteiger partial charge in [-0.15, -0.1) is 0 Å². The molecule has 0 nitrogen and oxygen atoms in total.